The van der Waals surface area contributed by atoms with Crippen LogP contribution < -0.4 is 10.6 Å². The topological polar surface area (TPSA) is 66.5 Å². The number of nitrogens with zero attached hydrogens (tertiary/aromatic N) is 2. The van der Waals surface area contributed by atoms with Gasteiger partial charge in [0.05, 0.1) is 12.7 Å². The van der Waals surface area contributed by atoms with Crippen LogP contribution in [-0.4, -0.2) is 60.8 Å². The van der Waals surface area contributed by atoms with Gasteiger partial charge in [-0.1, -0.05) is 6.07 Å². The second-order valence-corrected chi connectivity index (χ2v) is 5.99. The maximum atomic E-state index is 11.8. The molecule has 22 heavy (non-hydrogen) atoms. The number of amides is 2. The van der Waals surface area contributed by atoms with Gasteiger partial charge in [0.1, 0.15) is 0 Å². The van der Waals surface area contributed by atoms with Gasteiger partial charge in [-0.05, 0) is 37.4 Å². The maximum absolute atomic E-state index is 11.8. The summed E-state index contributed by atoms with van der Waals surface area (Å²) in [6, 6.07) is 4.39. The first-order chi connectivity index (χ1) is 10.8. The van der Waals surface area contributed by atoms with Crippen molar-refractivity contribution in [1.29, 1.82) is 0 Å². The van der Waals surface area contributed by atoms with Crippen molar-refractivity contribution in [3.63, 3.8) is 0 Å². The van der Waals surface area contributed by atoms with Crippen LogP contribution in [0.5, 0.6) is 0 Å². The fourth-order valence-electron chi connectivity index (χ4n) is 3.14. The van der Waals surface area contributed by atoms with Crippen molar-refractivity contribution >= 4 is 6.03 Å². The highest BCUT2D eigenvalue weighted by Gasteiger charge is 2.32. The third-order valence-electron chi connectivity index (χ3n) is 4.37. The predicted octanol–water partition coefficient (Wildman–Crippen LogP) is 0.786. The SMILES string of the molecule is O=C(NCCc1cccnc1)NC[C@@H]1CN2CCC[C@@H]2CO1. The molecular weight excluding hydrogens is 280 g/mol. The van der Waals surface area contributed by atoms with Crippen molar-refractivity contribution in [3.05, 3.63) is 30.1 Å². The van der Waals surface area contributed by atoms with Gasteiger partial charge in [-0.15, -0.1) is 0 Å². The lowest BCUT2D eigenvalue weighted by molar-refractivity contribution is -0.0457. The molecule has 2 amide bonds. The Kier molecular flexibility index (Phi) is 5.24. The average Bonchev–Trinajstić information content (AvgIpc) is 3.01. The van der Waals surface area contributed by atoms with E-state index < -0.39 is 0 Å². The number of carbonyl (C=O) groups excluding carboxylic acids is 1. The fraction of sp³-hybridized carbons (Fsp3) is 0.625. The highest BCUT2D eigenvalue weighted by atomic mass is 16.5. The summed E-state index contributed by atoms with van der Waals surface area (Å²) < 4.78 is 5.82. The summed E-state index contributed by atoms with van der Waals surface area (Å²) in [4.78, 5) is 18.3. The molecule has 2 aliphatic rings. The third-order valence-corrected chi connectivity index (χ3v) is 4.37. The van der Waals surface area contributed by atoms with E-state index >= 15 is 0 Å². The van der Waals surface area contributed by atoms with Crippen molar-refractivity contribution in [2.24, 2.45) is 0 Å². The van der Waals surface area contributed by atoms with E-state index in [2.05, 4.69) is 20.5 Å². The van der Waals surface area contributed by atoms with E-state index in [1.54, 1.807) is 6.20 Å². The molecule has 1 aromatic heterocycles. The quantitative estimate of drug-likeness (QED) is 0.844. The molecule has 0 aromatic carbocycles. The van der Waals surface area contributed by atoms with Crippen LogP contribution in [0, 0.1) is 0 Å². The zero-order valence-electron chi connectivity index (χ0n) is 12.8. The molecule has 3 rings (SSSR count). The molecular formula is C16H24N4O2. The monoisotopic (exact) mass is 304 g/mol. The van der Waals surface area contributed by atoms with Gasteiger partial charge in [0.15, 0.2) is 0 Å². The Hall–Kier alpha value is -1.66. The van der Waals surface area contributed by atoms with Gasteiger partial charge in [0, 0.05) is 38.1 Å². The molecule has 6 heteroatoms. The Balaban J connectivity index is 1.31. The number of hydrogen-bond donors (Lipinski definition) is 2. The van der Waals surface area contributed by atoms with Crippen LogP contribution in [-0.2, 0) is 11.2 Å². The Morgan fingerprint density at radius 2 is 2.41 bits per heavy atom. The van der Waals surface area contributed by atoms with E-state index in [0.717, 1.165) is 25.1 Å². The molecule has 2 saturated heterocycles. The molecule has 120 valence electrons. The average molecular weight is 304 g/mol. The minimum atomic E-state index is -0.129. The second kappa shape index (κ2) is 7.56. The first kappa shape index (κ1) is 15.2. The van der Waals surface area contributed by atoms with Crippen LogP contribution in [0.1, 0.15) is 18.4 Å². The summed E-state index contributed by atoms with van der Waals surface area (Å²) in [5, 5.41) is 5.77. The summed E-state index contributed by atoms with van der Waals surface area (Å²) in [6.07, 6.45) is 6.98. The molecule has 2 aliphatic heterocycles. The number of hydrogen-bond acceptors (Lipinski definition) is 4. The smallest absolute Gasteiger partial charge is 0.314 e. The Bertz CT molecular complexity index is 482. The largest absolute Gasteiger partial charge is 0.373 e. The number of urea groups is 1. The lowest BCUT2D eigenvalue weighted by Gasteiger charge is -2.35. The van der Waals surface area contributed by atoms with Crippen molar-refractivity contribution in [2.45, 2.75) is 31.4 Å². The van der Waals surface area contributed by atoms with E-state index in [4.69, 9.17) is 4.74 Å². The standard InChI is InChI=1S/C16H24N4O2/c21-16(18-7-5-13-3-1-6-17-9-13)19-10-15-11-20-8-2-4-14(20)12-22-15/h1,3,6,9,14-15H,2,4-5,7-8,10-12H2,(H2,18,19,21)/t14-,15-/m1/s1. The van der Waals surface area contributed by atoms with Gasteiger partial charge >= 0.3 is 6.03 Å². The summed E-state index contributed by atoms with van der Waals surface area (Å²) in [7, 11) is 0. The van der Waals surface area contributed by atoms with Gasteiger partial charge in [-0.2, -0.15) is 0 Å². The zero-order valence-corrected chi connectivity index (χ0v) is 12.8. The zero-order chi connectivity index (χ0) is 15.2. The van der Waals surface area contributed by atoms with E-state index in [-0.39, 0.29) is 12.1 Å². The van der Waals surface area contributed by atoms with Crippen LogP contribution in [0.25, 0.3) is 0 Å². The van der Waals surface area contributed by atoms with Crippen LogP contribution >= 0.6 is 0 Å². The molecule has 0 spiro atoms. The molecule has 2 atom stereocenters. The van der Waals surface area contributed by atoms with Gasteiger partial charge in [0.25, 0.3) is 0 Å². The molecule has 2 fully saturated rings. The predicted molar refractivity (Wildman–Crippen MR) is 83.7 cm³/mol. The lowest BCUT2D eigenvalue weighted by Crippen LogP contribution is -2.51. The van der Waals surface area contributed by atoms with Crippen molar-refractivity contribution in [2.75, 3.05) is 32.8 Å². The van der Waals surface area contributed by atoms with Gasteiger partial charge in [-0.25, -0.2) is 4.79 Å². The van der Waals surface area contributed by atoms with E-state index in [0.29, 0.717) is 19.1 Å². The molecule has 1 aromatic rings. The summed E-state index contributed by atoms with van der Waals surface area (Å²) in [5.41, 5.74) is 1.12. The summed E-state index contributed by atoms with van der Waals surface area (Å²) in [6.45, 7) is 4.08. The number of nitrogens with one attached hydrogen (secondary N) is 2. The highest BCUT2D eigenvalue weighted by Crippen LogP contribution is 2.22. The molecule has 2 N–H and O–H groups in total. The Morgan fingerprint density at radius 1 is 1.45 bits per heavy atom. The van der Waals surface area contributed by atoms with Crippen LogP contribution in [0.15, 0.2) is 24.5 Å². The number of carbonyl (C=O) groups is 1. The second-order valence-electron chi connectivity index (χ2n) is 5.99. The lowest BCUT2D eigenvalue weighted by atomic mass is 10.2. The Labute approximate surface area is 131 Å². The molecule has 0 aliphatic carbocycles. The minimum absolute atomic E-state index is 0.110. The number of aromatic nitrogens is 1. The molecule has 3 heterocycles. The van der Waals surface area contributed by atoms with Crippen molar-refractivity contribution in [3.8, 4) is 0 Å². The number of rotatable bonds is 5. The number of fused-ring (bicyclic) bond motifs is 1. The van der Waals surface area contributed by atoms with Crippen LogP contribution in [0.3, 0.4) is 0 Å². The molecule has 0 unspecified atom stereocenters. The summed E-state index contributed by atoms with van der Waals surface area (Å²) in [5.74, 6) is 0. The number of ether oxygens (including phenoxy) is 1. The maximum Gasteiger partial charge on any atom is 0.314 e. The summed E-state index contributed by atoms with van der Waals surface area (Å²) >= 11 is 0. The fourth-order valence-corrected chi connectivity index (χ4v) is 3.14. The van der Waals surface area contributed by atoms with Crippen molar-refractivity contribution in [1.82, 2.24) is 20.5 Å². The first-order valence-corrected chi connectivity index (χ1v) is 8.07. The Morgan fingerprint density at radius 3 is 3.27 bits per heavy atom. The highest BCUT2D eigenvalue weighted by molar-refractivity contribution is 5.73. The molecule has 6 nitrogen and oxygen atoms in total. The van der Waals surface area contributed by atoms with E-state index in [1.807, 2.05) is 18.3 Å². The molecule has 0 saturated carbocycles. The van der Waals surface area contributed by atoms with Crippen LogP contribution in [0.2, 0.25) is 0 Å². The molecule has 0 radical (unpaired) electrons. The normalized spacial score (nSPS) is 24.7. The van der Waals surface area contributed by atoms with Gasteiger partial charge < -0.3 is 15.4 Å². The first-order valence-electron chi connectivity index (χ1n) is 8.07. The van der Waals surface area contributed by atoms with Crippen molar-refractivity contribution < 1.29 is 9.53 Å². The van der Waals surface area contributed by atoms with Gasteiger partial charge in [0.2, 0.25) is 0 Å². The van der Waals surface area contributed by atoms with E-state index in [1.165, 1.54) is 19.4 Å². The van der Waals surface area contributed by atoms with E-state index in [9.17, 15) is 4.79 Å². The molecule has 0 bridgehead atoms. The number of pyridine rings is 1. The van der Waals surface area contributed by atoms with Crippen LogP contribution in [0.4, 0.5) is 4.79 Å². The number of morpholine rings is 1. The van der Waals surface area contributed by atoms with Gasteiger partial charge in [-0.3, -0.25) is 9.88 Å². The minimum Gasteiger partial charge on any atom is -0.373 e. The third kappa shape index (κ3) is 4.18.